The number of carbonyl (C=O) groups is 1. The van der Waals surface area contributed by atoms with E-state index in [1.807, 2.05) is 18.2 Å². The van der Waals surface area contributed by atoms with Gasteiger partial charge in [0.25, 0.3) is 5.56 Å². The van der Waals surface area contributed by atoms with Gasteiger partial charge in [-0.3, -0.25) is 14.2 Å². The number of nitrogens with one attached hydrogen (secondary N) is 1. The number of nitrogens with zero attached hydrogens (tertiary/aromatic N) is 7. The summed E-state index contributed by atoms with van der Waals surface area (Å²) in [5, 5.41) is 2.72. The lowest BCUT2D eigenvalue weighted by Gasteiger charge is -2.35. The summed E-state index contributed by atoms with van der Waals surface area (Å²) in [5.41, 5.74) is 1.45. The lowest BCUT2D eigenvalue weighted by molar-refractivity contribution is -0.116. The zero-order valence-electron chi connectivity index (χ0n) is 17.5. The number of carbonyl (C=O) groups excluding carboxylic acids is 1. The topological polar surface area (TPSA) is 109 Å². The molecular weight excluding hydrogens is 396 g/mol. The summed E-state index contributed by atoms with van der Waals surface area (Å²) >= 11 is 0. The molecule has 1 fully saturated rings. The first-order chi connectivity index (χ1) is 15.0. The summed E-state index contributed by atoms with van der Waals surface area (Å²) in [7, 11) is 0. The number of aryl methyl sites for hydroxylation is 1. The Balaban J connectivity index is 1.33. The third kappa shape index (κ3) is 4.68. The Morgan fingerprint density at radius 1 is 1.00 bits per heavy atom. The summed E-state index contributed by atoms with van der Waals surface area (Å²) in [6.07, 6.45) is 6.33. The van der Waals surface area contributed by atoms with E-state index in [0.29, 0.717) is 22.9 Å². The van der Waals surface area contributed by atoms with Crippen LogP contribution in [0.1, 0.15) is 11.3 Å². The molecular formula is C21H24N8O2. The van der Waals surface area contributed by atoms with Crippen molar-refractivity contribution in [2.45, 2.75) is 20.4 Å². The van der Waals surface area contributed by atoms with Crippen molar-refractivity contribution in [2.24, 2.45) is 0 Å². The number of anilines is 3. The Morgan fingerprint density at radius 2 is 1.71 bits per heavy atom. The monoisotopic (exact) mass is 420 g/mol. The largest absolute Gasteiger partial charge is 0.353 e. The van der Waals surface area contributed by atoms with Crippen LogP contribution in [0.25, 0.3) is 0 Å². The van der Waals surface area contributed by atoms with E-state index in [4.69, 9.17) is 0 Å². The van der Waals surface area contributed by atoms with Gasteiger partial charge in [-0.2, -0.15) is 0 Å². The normalized spacial score (nSPS) is 13.9. The van der Waals surface area contributed by atoms with Gasteiger partial charge in [-0.1, -0.05) is 6.07 Å². The molecule has 4 heterocycles. The predicted molar refractivity (Wildman–Crippen MR) is 117 cm³/mol. The van der Waals surface area contributed by atoms with Gasteiger partial charge >= 0.3 is 0 Å². The molecule has 3 aromatic heterocycles. The smallest absolute Gasteiger partial charge is 0.256 e. The molecule has 1 aliphatic rings. The van der Waals surface area contributed by atoms with E-state index in [9.17, 15) is 9.59 Å². The van der Waals surface area contributed by atoms with Gasteiger partial charge < -0.3 is 15.1 Å². The molecule has 3 aromatic rings. The number of aromatic nitrogens is 5. The molecule has 4 rings (SSSR count). The summed E-state index contributed by atoms with van der Waals surface area (Å²) in [6, 6.07) is 5.90. The van der Waals surface area contributed by atoms with Crippen LogP contribution >= 0.6 is 0 Å². The van der Waals surface area contributed by atoms with Crippen LogP contribution in [0.5, 0.6) is 0 Å². The van der Waals surface area contributed by atoms with E-state index in [0.717, 1.165) is 32.0 Å². The molecule has 1 N–H and O–H groups in total. The van der Waals surface area contributed by atoms with Crippen molar-refractivity contribution in [2.75, 3.05) is 41.3 Å². The first-order valence-electron chi connectivity index (χ1n) is 10.1. The van der Waals surface area contributed by atoms with E-state index in [1.165, 1.54) is 10.9 Å². The van der Waals surface area contributed by atoms with Crippen molar-refractivity contribution in [3.63, 3.8) is 0 Å². The highest BCUT2D eigenvalue weighted by atomic mass is 16.2. The Labute approximate surface area is 179 Å². The first-order valence-corrected chi connectivity index (χ1v) is 10.1. The molecule has 0 aliphatic carbocycles. The fraction of sp³-hybridized carbons (Fsp3) is 0.333. The third-order valence-electron chi connectivity index (χ3n) is 5.29. The molecule has 0 unspecified atom stereocenters. The van der Waals surface area contributed by atoms with Crippen LogP contribution in [0, 0.1) is 13.8 Å². The second-order valence-corrected chi connectivity index (χ2v) is 7.37. The van der Waals surface area contributed by atoms with Crippen molar-refractivity contribution >= 4 is 23.4 Å². The van der Waals surface area contributed by atoms with Gasteiger partial charge in [0, 0.05) is 43.6 Å². The highest BCUT2D eigenvalue weighted by Crippen LogP contribution is 2.16. The highest BCUT2D eigenvalue weighted by Gasteiger charge is 2.20. The van der Waals surface area contributed by atoms with E-state index in [2.05, 4.69) is 35.1 Å². The lowest BCUT2D eigenvalue weighted by atomic mass is 10.3. The van der Waals surface area contributed by atoms with Crippen LogP contribution in [-0.2, 0) is 11.3 Å². The molecule has 0 saturated carbocycles. The zero-order chi connectivity index (χ0) is 21.8. The second-order valence-electron chi connectivity index (χ2n) is 7.37. The molecule has 10 nitrogen and oxygen atoms in total. The zero-order valence-corrected chi connectivity index (χ0v) is 17.5. The van der Waals surface area contributed by atoms with E-state index < -0.39 is 0 Å². The minimum atomic E-state index is -0.340. The average Bonchev–Trinajstić information content (AvgIpc) is 2.81. The number of pyridine rings is 1. The third-order valence-corrected chi connectivity index (χ3v) is 5.29. The Hall–Kier alpha value is -3.82. The Bertz CT molecular complexity index is 1110. The maximum absolute atomic E-state index is 12.3. The van der Waals surface area contributed by atoms with Crippen LogP contribution < -0.4 is 20.7 Å². The summed E-state index contributed by atoms with van der Waals surface area (Å²) in [6.45, 7) is 6.57. The van der Waals surface area contributed by atoms with E-state index in [-0.39, 0.29) is 18.0 Å². The van der Waals surface area contributed by atoms with Crippen molar-refractivity contribution in [1.82, 2.24) is 24.5 Å². The molecule has 1 saturated heterocycles. The maximum atomic E-state index is 12.3. The quantitative estimate of drug-likeness (QED) is 0.651. The molecule has 0 radical (unpaired) electrons. The molecule has 0 atom stereocenters. The van der Waals surface area contributed by atoms with Gasteiger partial charge in [-0.05, 0) is 26.0 Å². The van der Waals surface area contributed by atoms with Crippen LogP contribution in [-0.4, -0.2) is 56.6 Å². The standard InChI is InChI=1S/C21H24N8O2/c1-15-16(2)25-14-29(20(15)31)13-19(30)26-17-11-23-21(24-12-17)28-9-7-27(8-10-28)18-5-3-4-6-22-18/h3-6,11-12,14H,7-10,13H2,1-2H3,(H,26,30). The van der Waals surface area contributed by atoms with Gasteiger partial charge in [-0.25, -0.2) is 19.9 Å². The fourth-order valence-corrected chi connectivity index (χ4v) is 3.37. The van der Waals surface area contributed by atoms with Gasteiger partial charge in [-0.15, -0.1) is 0 Å². The van der Waals surface area contributed by atoms with Crippen molar-refractivity contribution in [3.05, 3.63) is 64.7 Å². The lowest BCUT2D eigenvalue weighted by Crippen LogP contribution is -2.47. The highest BCUT2D eigenvalue weighted by molar-refractivity contribution is 5.90. The molecule has 0 spiro atoms. The number of hydrogen-bond acceptors (Lipinski definition) is 8. The molecule has 160 valence electrons. The van der Waals surface area contributed by atoms with E-state index in [1.54, 1.807) is 32.4 Å². The van der Waals surface area contributed by atoms with Crippen LogP contribution in [0.2, 0.25) is 0 Å². The number of piperazine rings is 1. The van der Waals surface area contributed by atoms with Gasteiger partial charge in [0.1, 0.15) is 12.4 Å². The minimum absolute atomic E-state index is 0.121. The van der Waals surface area contributed by atoms with Crippen molar-refractivity contribution < 1.29 is 4.79 Å². The van der Waals surface area contributed by atoms with E-state index >= 15 is 0 Å². The molecule has 0 bridgehead atoms. The number of amides is 1. The van der Waals surface area contributed by atoms with Crippen LogP contribution in [0.4, 0.5) is 17.5 Å². The maximum Gasteiger partial charge on any atom is 0.256 e. The summed E-state index contributed by atoms with van der Waals surface area (Å²) in [4.78, 5) is 46.2. The predicted octanol–water partition coefficient (Wildman–Crippen LogP) is 1.01. The van der Waals surface area contributed by atoms with Gasteiger partial charge in [0.2, 0.25) is 11.9 Å². The number of rotatable bonds is 5. The minimum Gasteiger partial charge on any atom is -0.353 e. The fourth-order valence-electron chi connectivity index (χ4n) is 3.37. The first kappa shape index (κ1) is 20.5. The Kier molecular flexibility index (Phi) is 5.87. The number of hydrogen-bond donors (Lipinski definition) is 1. The Morgan fingerprint density at radius 3 is 2.39 bits per heavy atom. The second kappa shape index (κ2) is 8.90. The summed E-state index contributed by atoms with van der Waals surface area (Å²) < 4.78 is 1.29. The molecule has 1 aliphatic heterocycles. The molecule has 0 aromatic carbocycles. The molecule has 1 amide bonds. The average molecular weight is 420 g/mol. The molecule has 31 heavy (non-hydrogen) atoms. The van der Waals surface area contributed by atoms with Crippen molar-refractivity contribution in [1.29, 1.82) is 0 Å². The van der Waals surface area contributed by atoms with Gasteiger partial charge in [0.05, 0.1) is 24.4 Å². The molecule has 10 heteroatoms. The summed E-state index contributed by atoms with van der Waals surface area (Å²) in [5.74, 6) is 1.25. The SMILES string of the molecule is Cc1ncn(CC(=O)Nc2cnc(N3CCN(c4ccccn4)CC3)nc2)c(=O)c1C. The van der Waals surface area contributed by atoms with Crippen molar-refractivity contribution in [3.8, 4) is 0 Å². The van der Waals surface area contributed by atoms with Crippen LogP contribution in [0.15, 0.2) is 47.9 Å². The van der Waals surface area contributed by atoms with Gasteiger partial charge in [0.15, 0.2) is 0 Å². The van der Waals surface area contributed by atoms with Crippen LogP contribution in [0.3, 0.4) is 0 Å².